The highest BCUT2D eigenvalue weighted by Gasteiger charge is 2.16. The summed E-state index contributed by atoms with van der Waals surface area (Å²) in [5.41, 5.74) is -1.08. The number of rotatable bonds is 6. The van der Waals surface area contributed by atoms with Crippen molar-refractivity contribution in [2.45, 2.75) is 0 Å². The van der Waals surface area contributed by atoms with Gasteiger partial charge in [-0.25, -0.2) is 3.63 Å². The van der Waals surface area contributed by atoms with Crippen molar-refractivity contribution in [3.63, 3.8) is 0 Å². The molecular formula is C2H8O7P2S2. The van der Waals surface area contributed by atoms with Gasteiger partial charge in [-0.2, -0.15) is 0 Å². The third-order valence-corrected chi connectivity index (χ3v) is 4.84. The molecule has 4 N–H and O–H groups in total. The summed E-state index contributed by atoms with van der Waals surface area (Å²) >= 11 is 0.915. The zero-order valence-electron chi connectivity index (χ0n) is 6.14. The van der Waals surface area contributed by atoms with Crippen molar-refractivity contribution >= 4 is 39.3 Å². The molecule has 0 saturated heterocycles. The largest absolute Gasteiger partial charge is 0.337 e. The van der Waals surface area contributed by atoms with E-state index in [4.69, 9.17) is 19.6 Å². The van der Waals surface area contributed by atoms with Crippen molar-refractivity contribution in [3.05, 3.63) is 0 Å². The van der Waals surface area contributed by atoms with Crippen LogP contribution in [0.25, 0.3) is 0 Å². The van der Waals surface area contributed by atoms with Crippen LogP contribution in [0, 0.1) is 0 Å². The fourth-order valence-corrected chi connectivity index (χ4v) is 2.70. The van der Waals surface area contributed by atoms with Crippen LogP contribution >= 0.6 is 39.3 Å². The molecule has 0 amide bonds. The summed E-state index contributed by atoms with van der Waals surface area (Å²) in [6.45, 7) is 0. The summed E-state index contributed by atoms with van der Waals surface area (Å²) in [5.74, 6) is 0. The van der Waals surface area contributed by atoms with Gasteiger partial charge in [0.05, 0.1) is 0 Å². The number of hydrogen-bond acceptors (Lipinski definition) is 5. The lowest BCUT2D eigenvalue weighted by Crippen LogP contribution is -1.84. The first-order valence-corrected chi connectivity index (χ1v) is 8.12. The van der Waals surface area contributed by atoms with Gasteiger partial charge in [-0.15, -0.1) is 0 Å². The average Bonchev–Trinajstić information content (AvgIpc) is 1.81. The Bertz CT molecular complexity index is 207. The Hall–Kier alpha value is 0.960. The van der Waals surface area contributed by atoms with E-state index in [0.717, 1.165) is 0 Å². The van der Waals surface area contributed by atoms with Crippen LogP contribution in [0.5, 0.6) is 0 Å². The van der Waals surface area contributed by atoms with Crippen molar-refractivity contribution in [1.29, 1.82) is 0 Å². The van der Waals surface area contributed by atoms with Gasteiger partial charge in [0.2, 0.25) is 0 Å². The Balaban J connectivity index is 3.39. The smallest absolute Gasteiger partial charge is 0.324 e. The van der Waals surface area contributed by atoms with Crippen molar-refractivity contribution < 1.29 is 32.3 Å². The topological polar surface area (TPSA) is 124 Å². The molecule has 0 rings (SSSR count). The van der Waals surface area contributed by atoms with E-state index in [-0.39, 0.29) is 0 Å². The fourth-order valence-electron chi connectivity index (χ4n) is 0.214. The van der Waals surface area contributed by atoms with Crippen molar-refractivity contribution in [1.82, 2.24) is 0 Å². The molecule has 7 nitrogen and oxygen atoms in total. The minimum atomic E-state index is -4.12. The van der Waals surface area contributed by atoms with E-state index in [1.807, 2.05) is 0 Å². The van der Waals surface area contributed by atoms with Crippen LogP contribution in [0.4, 0.5) is 0 Å². The summed E-state index contributed by atoms with van der Waals surface area (Å²) in [4.78, 5) is 33.3. The highest BCUT2D eigenvalue weighted by molar-refractivity contribution is 8.12. The zero-order valence-corrected chi connectivity index (χ0v) is 9.56. The zero-order chi connectivity index (χ0) is 10.5. The van der Waals surface area contributed by atoms with E-state index in [1.165, 1.54) is 0 Å². The maximum absolute atomic E-state index is 10.2. The molecule has 0 heterocycles. The first kappa shape index (κ1) is 14.0. The van der Waals surface area contributed by atoms with Gasteiger partial charge >= 0.3 is 15.2 Å². The SMILES string of the molecule is O=P(O)(O)CSOSCP(=O)(O)O. The molecule has 13 heavy (non-hydrogen) atoms. The molecule has 0 bridgehead atoms. The van der Waals surface area contributed by atoms with Gasteiger partial charge in [0.25, 0.3) is 0 Å². The molecule has 0 fully saturated rings. The maximum atomic E-state index is 10.2. The first-order chi connectivity index (χ1) is 5.71. The Labute approximate surface area is 83.0 Å². The highest BCUT2D eigenvalue weighted by atomic mass is 32.2. The predicted molar refractivity (Wildman–Crippen MR) is 50.1 cm³/mol. The second-order valence-electron chi connectivity index (χ2n) is 1.89. The fraction of sp³-hybridized carbons (Fsp3) is 1.00. The van der Waals surface area contributed by atoms with Crippen LogP contribution < -0.4 is 0 Å². The lowest BCUT2D eigenvalue weighted by atomic mass is 11.9. The molecule has 0 aliphatic carbocycles. The Morgan fingerprint density at radius 2 is 1.23 bits per heavy atom. The summed E-state index contributed by atoms with van der Waals surface area (Å²) < 4.78 is 24.9. The molecule has 0 aromatic rings. The lowest BCUT2D eigenvalue weighted by molar-refractivity contribution is 0.377. The third-order valence-electron chi connectivity index (χ3n) is 0.538. The first-order valence-electron chi connectivity index (χ1n) is 2.71. The Morgan fingerprint density at radius 3 is 1.46 bits per heavy atom. The second-order valence-corrected chi connectivity index (χ2v) is 7.63. The van der Waals surface area contributed by atoms with Gasteiger partial charge in [0.15, 0.2) is 0 Å². The van der Waals surface area contributed by atoms with Gasteiger partial charge in [-0.3, -0.25) is 9.13 Å². The van der Waals surface area contributed by atoms with E-state index >= 15 is 0 Å². The molecule has 0 aliphatic heterocycles. The predicted octanol–water partition coefficient (Wildman–Crippen LogP) is 0.570. The molecule has 11 heteroatoms. The summed E-state index contributed by atoms with van der Waals surface area (Å²) in [6, 6.07) is 0. The molecule has 0 aliphatic rings. The average molecular weight is 270 g/mol. The van der Waals surface area contributed by atoms with Crippen LogP contribution in [0.2, 0.25) is 0 Å². The minimum Gasteiger partial charge on any atom is -0.324 e. The quantitative estimate of drug-likeness (QED) is 0.311. The molecule has 0 radical (unpaired) electrons. The molecule has 0 spiro atoms. The van der Waals surface area contributed by atoms with Gasteiger partial charge in [-0.1, -0.05) is 0 Å². The van der Waals surface area contributed by atoms with Gasteiger partial charge < -0.3 is 19.6 Å². The third kappa shape index (κ3) is 13.0. The maximum Gasteiger partial charge on any atom is 0.337 e. The van der Waals surface area contributed by atoms with Crippen molar-refractivity contribution in [3.8, 4) is 0 Å². The molecule has 0 aromatic heterocycles. The summed E-state index contributed by atoms with van der Waals surface area (Å²) in [6.07, 6.45) is 0. The van der Waals surface area contributed by atoms with Crippen LogP contribution in [-0.2, 0) is 12.8 Å². The van der Waals surface area contributed by atoms with Crippen molar-refractivity contribution in [2.24, 2.45) is 0 Å². The van der Waals surface area contributed by atoms with Gasteiger partial charge in [0, 0.05) is 24.1 Å². The summed E-state index contributed by atoms with van der Waals surface area (Å²) in [7, 11) is -8.23. The van der Waals surface area contributed by atoms with E-state index in [9.17, 15) is 9.13 Å². The monoisotopic (exact) mass is 270 g/mol. The van der Waals surface area contributed by atoms with Crippen LogP contribution in [0.3, 0.4) is 0 Å². The lowest BCUT2D eigenvalue weighted by Gasteiger charge is -2.03. The number of hydrogen-bond donors (Lipinski definition) is 4. The summed E-state index contributed by atoms with van der Waals surface area (Å²) in [5, 5.41) is 0. The standard InChI is InChI=1S/C2H8O7P2S2/c3-10(4,5)1-12-9-13-2-11(6,7)8/h1-2H2,(H2,3,4,5)(H2,6,7,8). The van der Waals surface area contributed by atoms with Gasteiger partial charge in [-0.05, 0) is 0 Å². The highest BCUT2D eigenvalue weighted by Crippen LogP contribution is 2.43. The molecular weight excluding hydrogens is 262 g/mol. The van der Waals surface area contributed by atoms with Crippen LogP contribution in [0.15, 0.2) is 0 Å². The molecule has 0 saturated carbocycles. The Kier molecular flexibility index (Phi) is 6.17. The molecule has 80 valence electrons. The normalized spacial score (nSPS) is 13.2. The molecule has 0 aromatic carbocycles. The van der Waals surface area contributed by atoms with Crippen molar-refractivity contribution in [2.75, 3.05) is 11.0 Å². The van der Waals surface area contributed by atoms with E-state index in [2.05, 4.69) is 3.63 Å². The van der Waals surface area contributed by atoms with Crippen LogP contribution in [0.1, 0.15) is 0 Å². The minimum absolute atomic E-state index is 0.457. The molecule has 0 atom stereocenters. The second kappa shape index (κ2) is 5.75. The molecule has 0 unspecified atom stereocenters. The van der Waals surface area contributed by atoms with E-state index in [0.29, 0.717) is 24.1 Å². The van der Waals surface area contributed by atoms with E-state index in [1.54, 1.807) is 0 Å². The van der Waals surface area contributed by atoms with Crippen LogP contribution in [-0.4, -0.2) is 30.6 Å². The van der Waals surface area contributed by atoms with E-state index < -0.39 is 26.2 Å². The Morgan fingerprint density at radius 1 is 0.923 bits per heavy atom. The van der Waals surface area contributed by atoms with Gasteiger partial charge in [0.1, 0.15) is 11.0 Å².